The van der Waals surface area contributed by atoms with E-state index in [1.165, 1.54) is 12.1 Å². The molecule has 2 amide bonds. The van der Waals surface area contributed by atoms with Crippen LogP contribution in [0.15, 0.2) is 42.9 Å². The Balaban J connectivity index is 0.00000181. The molecule has 2 aliphatic rings. The number of nitrogens with zero attached hydrogens (tertiary/aromatic N) is 4. The molecule has 9 nitrogen and oxygen atoms in total. The van der Waals surface area contributed by atoms with Crippen molar-refractivity contribution in [2.75, 3.05) is 18.0 Å². The van der Waals surface area contributed by atoms with Gasteiger partial charge in [-0.3, -0.25) is 4.79 Å². The second-order valence-electron chi connectivity index (χ2n) is 11.5. The Labute approximate surface area is 235 Å². The van der Waals surface area contributed by atoms with Crippen LogP contribution in [0, 0.1) is 11.7 Å². The molecule has 2 aliphatic heterocycles. The number of benzene rings is 1. The lowest BCUT2D eigenvalue weighted by atomic mass is 9.90. The molecular weight excluding hydrogens is 511 g/mol. The third-order valence-electron chi connectivity index (χ3n) is 7.40. The summed E-state index contributed by atoms with van der Waals surface area (Å²) in [5, 5.41) is 3.75. The number of likely N-dealkylation sites (tertiary alicyclic amines) is 1. The van der Waals surface area contributed by atoms with E-state index in [1.54, 1.807) is 45.3 Å². The standard InChI is InChI=1S/C28H35FN6O3.C2H6/c1-16(2)23(33-27(37)38-28(3,4)5)25(36)34-12-9-22-24(34)20(15-35(22)26-30-10-6-11-31-26)19-14-32-21-13-17(29)7-8-18(19)21;1-2/h6-8,10-11,13-14,16,20,22-24,32H,9,12,15H2,1-5H3,(H,33,37);1-2H3/t20-,22-,23?,24-;/m1./s1. The molecule has 0 aliphatic carbocycles. The van der Waals surface area contributed by atoms with Gasteiger partial charge in [0.05, 0.1) is 12.1 Å². The fourth-order valence-electron chi connectivity index (χ4n) is 5.84. The first kappa shape index (κ1) is 29.3. The highest BCUT2D eigenvalue weighted by Crippen LogP contribution is 2.44. The number of ether oxygens (including phenoxy) is 1. The van der Waals surface area contributed by atoms with Crippen molar-refractivity contribution in [1.82, 2.24) is 25.2 Å². The van der Waals surface area contributed by atoms with Crippen molar-refractivity contribution in [1.29, 1.82) is 0 Å². The summed E-state index contributed by atoms with van der Waals surface area (Å²) in [6, 6.07) is 5.62. The van der Waals surface area contributed by atoms with Gasteiger partial charge in [-0.2, -0.15) is 0 Å². The molecule has 2 aromatic heterocycles. The molecule has 10 heteroatoms. The van der Waals surface area contributed by atoms with E-state index in [4.69, 9.17) is 4.74 Å². The molecule has 0 spiro atoms. The summed E-state index contributed by atoms with van der Waals surface area (Å²) in [5.74, 6) is -0.0231. The number of alkyl carbamates (subject to hydrolysis) is 1. The fraction of sp³-hybridized carbons (Fsp3) is 0.533. The number of aromatic amines is 1. The molecule has 40 heavy (non-hydrogen) atoms. The molecule has 4 heterocycles. The maximum Gasteiger partial charge on any atom is 0.408 e. The molecule has 2 fully saturated rings. The number of rotatable bonds is 5. The van der Waals surface area contributed by atoms with Gasteiger partial charge in [0.15, 0.2) is 0 Å². The Morgan fingerprint density at radius 3 is 2.52 bits per heavy atom. The number of amides is 2. The summed E-state index contributed by atoms with van der Waals surface area (Å²) < 4.78 is 19.4. The number of carbonyl (C=O) groups is 2. The van der Waals surface area contributed by atoms with E-state index in [0.29, 0.717) is 24.6 Å². The number of aromatic nitrogens is 3. The minimum absolute atomic E-state index is 0.00564. The average molecular weight is 553 g/mol. The molecule has 4 atom stereocenters. The molecule has 1 aromatic carbocycles. The van der Waals surface area contributed by atoms with Crippen molar-refractivity contribution in [3.63, 3.8) is 0 Å². The first-order valence-corrected chi connectivity index (χ1v) is 14.1. The topological polar surface area (TPSA) is 103 Å². The fourth-order valence-corrected chi connectivity index (χ4v) is 5.84. The Morgan fingerprint density at radius 1 is 1.18 bits per heavy atom. The van der Waals surface area contributed by atoms with E-state index in [0.717, 1.165) is 17.4 Å². The largest absolute Gasteiger partial charge is 0.444 e. The predicted molar refractivity (Wildman–Crippen MR) is 154 cm³/mol. The highest BCUT2D eigenvalue weighted by atomic mass is 19.1. The summed E-state index contributed by atoms with van der Waals surface area (Å²) >= 11 is 0. The number of halogens is 1. The molecule has 3 aromatic rings. The summed E-state index contributed by atoms with van der Waals surface area (Å²) in [4.78, 5) is 42.9. The van der Waals surface area contributed by atoms with Crippen LogP contribution in [0.1, 0.15) is 66.4 Å². The molecule has 2 N–H and O–H groups in total. The first-order chi connectivity index (χ1) is 19.0. The number of anilines is 1. The molecule has 216 valence electrons. The molecule has 5 rings (SSSR count). The van der Waals surface area contributed by atoms with E-state index in [2.05, 4.69) is 25.2 Å². The van der Waals surface area contributed by atoms with Gasteiger partial charge in [-0.15, -0.1) is 0 Å². The van der Waals surface area contributed by atoms with Crippen LogP contribution in [0.3, 0.4) is 0 Å². The second kappa shape index (κ2) is 11.8. The van der Waals surface area contributed by atoms with Gasteiger partial charge in [0.2, 0.25) is 11.9 Å². The van der Waals surface area contributed by atoms with E-state index in [1.807, 2.05) is 38.8 Å². The molecule has 2 saturated heterocycles. The van der Waals surface area contributed by atoms with Gasteiger partial charge >= 0.3 is 6.09 Å². The molecule has 0 radical (unpaired) electrons. The van der Waals surface area contributed by atoms with Crippen LogP contribution in [0.25, 0.3) is 10.9 Å². The smallest absolute Gasteiger partial charge is 0.408 e. The van der Waals surface area contributed by atoms with Crippen LogP contribution in [-0.2, 0) is 9.53 Å². The zero-order chi connectivity index (χ0) is 29.2. The Hall–Kier alpha value is -3.69. The van der Waals surface area contributed by atoms with Gasteiger partial charge in [0, 0.05) is 48.5 Å². The van der Waals surface area contributed by atoms with Gasteiger partial charge in [-0.1, -0.05) is 27.7 Å². The zero-order valence-electron chi connectivity index (χ0n) is 24.4. The predicted octanol–water partition coefficient (Wildman–Crippen LogP) is 5.25. The maximum atomic E-state index is 14.0. The van der Waals surface area contributed by atoms with E-state index in [-0.39, 0.29) is 35.6 Å². The Bertz CT molecular complexity index is 1320. The Morgan fingerprint density at radius 2 is 1.88 bits per heavy atom. The van der Waals surface area contributed by atoms with Crippen LogP contribution in [0.5, 0.6) is 0 Å². The number of fused-ring (bicyclic) bond motifs is 2. The van der Waals surface area contributed by atoms with Gasteiger partial charge in [-0.05, 0) is 62.9 Å². The lowest BCUT2D eigenvalue weighted by Gasteiger charge is -2.33. The van der Waals surface area contributed by atoms with Crippen LogP contribution < -0.4 is 10.2 Å². The van der Waals surface area contributed by atoms with Crippen LogP contribution in [-0.4, -0.2) is 68.7 Å². The third-order valence-corrected chi connectivity index (χ3v) is 7.40. The van der Waals surface area contributed by atoms with Crippen molar-refractivity contribution < 1.29 is 18.7 Å². The monoisotopic (exact) mass is 552 g/mol. The lowest BCUT2D eigenvalue weighted by Crippen LogP contribution is -2.54. The number of carbonyl (C=O) groups excluding carboxylic acids is 2. The third kappa shape index (κ3) is 5.90. The zero-order valence-corrected chi connectivity index (χ0v) is 24.4. The van der Waals surface area contributed by atoms with Crippen LogP contribution >= 0.6 is 0 Å². The highest BCUT2D eigenvalue weighted by molar-refractivity contribution is 5.88. The SMILES string of the molecule is CC.CC(C)C(NC(=O)OC(C)(C)C)C(=O)N1CC[C@@H]2[C@H]1[C@@H](c1c[nH]c3cc(F)ccc13)CN2c1ncccn1. The number of hydrogen-bond acceptors (Lipinski definition) is 6. The van der Waals surface area contributed by atoms with Gasteiger partial charge in [0.1, 0.15) is 17.5 Å². The van der Waals surface area contributed by atoms with Crippen molar-refractivity contribution in [3.05, 3.63) is 54.2 Å². The highest BCUT2D eigenvalue weighted by Gasteiger charge is 2.53. The van der Waals surface area contributed by atoms with Crippen molar-refractivity contribution in [2.45, 2.75) is 84.5 Å². The normalized spacial score (nSPS) is 21.2. The molecular formula is C30H41FN6O3. The molecule has 0 bridgehead atoms. The van der Waals surface area contributed by atoms with Gasteiger partial charge in [-0.25, -0.2) is 19.2 Å². The number of H-pyrrole nitrogens is 1. The van der Waals surface area contributed by atoms with Crippen molar-refractivity contribution in [3.8, 4) is 0 Å². The van der Waals surface area contributed by atoms with E-state index < -0.39 is 17.7 Å². The molecule has 1 unspecified atom stereocenters. The van der Waals surface area contributed by atoms with Crippen LogP contribution in [0.4, 0.5) is 15.1 Å². The van der Waals surface area contributed by atoms with Gasteiger partial charge < -0.3 is 24.8 Å². The van der Waals surface area contributed by atoms with Crippen molar-refractivity contribution in [2.24, 2.45) is 5.92 Å². The minimum atomic E-state index is -0.733. The first-order valence-electron chi connectivity index (χ1n) is 14.1. The summed E-state index contributed by atoms with van der Waals surface area (Å²) in [7, 11) is 0. The number of nitrogens with one attached hydrogen (secondary N) is 2. The Kier molecular flexibility index (Phi) is 8.65. The average Bonchev–Trinajstić information content (AvgIpc) is 3.61. The second-order valence-corrected chi connectivity index (χ2v) is 11.5. The summed E-state index contributed by atoms with van der Waals surface area (Å²) in [6.45, 7) is 14.4. The summed E-state index contributed by atoms with van der Waals surface area (Å²) in [5.41, 5.74) is 1.07. The van der Waals surface area contributed by atoms with Gasteiger partial charge in [0.25, 0.3) is 0 Å². The van der Waals surface area contributed by atoms with Crippen molar-refractivity contribution >= 4 is 28.9 Å². The van der Waals surface area contributed by atoms with E-state index in [9.17, 15) is 14.0 Å². The molecule has 0 saturated carbocycles. The quantitative estimate of drug-likeness (QED) is 0.448. The van der Waals surface area contributed by atoms with Crippen LogP contribution in [0.2, 0.25) is 0 Å². The number of hydrogen-bond donors (Lipinski definition) is 2. The minimum Gasteiger partial charge on any atom is -0.444 e. The van der Waals surface area contributed by atoms with E-state index >= 15 is 0 Å². The maximum absolute atomic E-state index is 14.0. The summed E-state index contributed by atoms with van der Waals surface area (Å²) in [6.07, 6.45) is 5.49. The lowest BCUT2D eigenvalue weighted by molar-refractivity contribution is -0.135.